The van der Waals surface area contributed by atoms with Crippen LogP contribution >= 0.6 is 30.3 Å². The van der Waals surface area contributed by atoms with Crippen LogP contribution in [0.25, 0.3) is 10.8 Å². The van der Waals surface area contributed by atoms with E-state index < -0.39 is 0 Å². The van der Waals surface area contributed by atoms with Crippen molar-refractivity contribution < 1.29 is 4.79 Å². The molecule has 0 radical (unpaired) electrons. The molecule has 0 aromatic heterocycles. The van der Waals surface area contributed by atoms with Crippen LogP contribution in [0.1, 0.15) is 36.1 Å². The summed E-state index contributed by atoms with van der Waals surface area (Å²) in [5.74, 6) is 0.470. The van der Waals surface area contributed by atoms with Gasteiger partial charge in [0.15, 0.2) is 0 Å². The smallest absolute Gasteiger partial charge is 0.140 e. The van der Waals surface area contributed by atoms with Crippen molar-refractivity contribution in [2.45, 2.75) is 31.0 Å². The van der Waals surface area contributed by atoms with Gasteiger partial charge in [-0.25, -0.2) is 4.31 Å². The highest BCUT2D eigenvalue weighted by Gasteiger charge is 2.46. The van der Waals surface area contributed by atoms with Gasteiger partial charge < -0.3 is 5.32 Å². The van der Waals surface area contributed by atoms with Crippen LogP contribution in [0.15, 0.2) is 72.8 Å². The Kier molecular flexibility index (Phi) is 5.65. The van der Waals surface area contributed by atoms with Gasteiger partial charge in [0.25, 0.3) is 0 Å². The van der Waals surface area contributed by atoms with E-state index in [-0.39, 0.29) is 18.0 Å². The van der Waals surface area contributed by atoms with Gasteiger partial charge in [0, 0.05) is 52.2 Å². The Morgan fingerprint density at radius 1 is 0.966 bits per heavy atom. The molecule has 0 saturated carbocycles. The number of halogens is 1. The second-order valence-corrected chi connectivity index (χ2v) is 9.71. The highest BCUT2D eigenvalue weighted by molar-refractivity contribution is 14.2. The number of benzene rings is 3. The number of Topliss-reactive ketones (excluding diaryl/α,β-unsaturated/α-hetero) is 1. The number of carbonyl (C=O) groups excluding carboxylic acids is 1. The second-order valence-electron chi connectivity index (χ2n) is 7.96. The molecule has 0 bridgehead atoms. The molecule has 2 heterocycles. The van der Waals surface area contributed by atoms with Crippen LogP contribution in [-0.2, 0) is 4.79 Å². The van der Waals surface area contributed by atoms with Crippen molar-refractivity contribution in [3.05, 3.63) is 83.9 Å². The summed E-state index contributed by atoms with van der Waals surface area (Å²) >= 11 is 2.40. The summed E-state index contributed by atoms with van der Waals surface area (Å²) < 4.78 is 2.51. The van der Waals surface area contributed by atoms with Gasteiger partial charge in [-0.1, -0.05) is 72.8 Å². The van der Waals surface area contributed by atoms with Gasteiger partial charge in [-0.2, -0.15) is 0 Å². The molecule has 0 amide bonds. The van der Waals surface area contributed by atoms with Gasteiger partial charge in [0.05, 0.1) is 6.04 Å². The number of rotatable bonds is 3. The van der Waals surface area contributed by atoms with E-state index in [0.29, 0.717) is 18.2 Å². The molecule has 2 aliphatic rings. The predicted molar refractivity (Wildman–Crippen MR) is 129 cm³/mol. The Morgan fingerprint density at radius 2 is 1.72 bits per heavy atom. The molecule has 0 spiro atoms. The van der Waals surface area contributed by atoms with Crippen molar-refractivity contribution >= 4 is 46.9 Å². The summed E-state index contributed by atoms with van der Waals surface area (Å²) in [5.41, 5.74) is 2.58. The molecule has 4 atom stereocenters. The summed E-state index contributed by atoms with van der Waals surface area (Å²) in [6, 6.07) is 26.3. The molecule has 2 fully saturated rings. The summed E-state index contributed by atoms with van der Waals surface area (Å²) in [6.45, 7) is 0.763. The van der Waals surface area contributed by atoms with Crippen molar-refractivity contribution in [2.24, 2.45) is 5.92 Å². The topological polar surface area (TPSA) is 32.3 Å². The second kappa shape index (κ2) is 8.38. The minimum absolute atomic E-state index is 0.0726. The van der Waals surface area contributed by atoms with E-state index in [1.165, 1.54) is 21.9 Å². The Labute approximate surface area is 188 Å². The van der Waals surface area contributed by atoms with Crippen LogP contribution in [0.4, 0.5) is 0 Å². The zero-order valence-corrected chi connectivity index (χ0v) is 19.0. The summed E-state index contributed by atoms with van der Waals surface area (Å²) in [4.78, 5) is 13.2. The standard InChI is InChI=1S/C24H23IN2OS/c25-29-27-22-13-21(17-8-2-1-3-9-17)26-15-20(22)24(28)14-23(27)19-12-6-10-16-7-4-5-11-18(16)19/h1-12,20-23,26H,13-15H2/t20-,21?,22+,23?/m1/s1. The number of hydrogen-bond donors (Lipinski definition) is 1. The SMILES string of the molecule is O=C1CC(c2cccc3ccccc23)N(SI)[C@H]2CC(c3ccccc3)NC[C@@H]12. The molecular formula is C24H23IN2OS. The molecular weight excluding hydrogens is 491 g/mol. The number of ketones is 1. The molecule has 3 aromatic rings. The zero-order chi connectivity index (χ0) is 19.8. The van der Waals surface area contributed by atoms with E-state index in [0.717, 1.165) is 13.0 Å². The highest BCUT2D eigenvalue weighted by atomic mass is 127. The van der Waals surface area contributed by atoms with Crippen molar-refractivity contribution in [3.63, 3.8) is 0 Å². The van der Waals surface area contributed by atoms with E-state index in [2.05, 4.69) is 104 Å². The lowest BCUT2D eigenvalue weighted by molar-refractivity contribution is -0.130. The average molecular weight is 514 g/mol. The summed E-state index contributed by atoms with van der Waals surface area (Å²) in [6.07, 6.45) is 1.54. The molecule has 2 saturated heterocycles. The van der Waals surface area contributed by atoms with E-state index >= 15 is 0 Å². The minimum atomic E-state index is 0.0726. The molecule has 1 N–H and O–H groups in total. The zero-order valence-electron chi connectivity index (χ0n) is 16.0. The number of piperidine rings is 2. The molecule has 2 unspecified atom stereocenters. The van der Waals surface area contributed by atoms with Gasteiger partial charge >= 0.3 is 0 Å². The monoisotopic (exact) mass is 514 g/mol. The molecule has 5 heteroatoms. The van der Waals surface area contributed by atoms with Gasteiger partial charge in [-0.05, 0) is 37.4 Å². The molecule has 3 nitrogen and oxygen atoms in total. The average Bonchev–Trinajstić information content (AvgIpc) is 2.79. The Hall–Kier alpha value is -1.41. The molecule has 29 heavy (non-hydrogen) atoms. The summed E-state index contributed by atoms with van der Waals surface area (Å²) in [5, 5.41) is 6.14. The lowest BCUT2D eigenvalue weighted by Gasteiger charge is -2.48. The largest absolute Gasteiger partial charge is 0.309 e. The first kappa shape index (κ1) is 19.5. The van der Waals surface area contributed by atoms with Crippen molar-refractivity contribution in [1.29, 1.82) is 0 Å². The first-order valence-electron chi connectivity index (χ1n) is 10.1. The van der Waals surface area contributed by atoms with Crippen LogP contribution < -0.4 is 5.32 Å². The van der Waals surface area contributed by atoms with Gasteiger partial charge in [0.2, 0.25) is 0 Å². The third kappa shape index (κ3) is 3.63. The molecule has 3 aromatic carbocycles. The minimum Gasteiger partial charge on any atom is -0.309 e. The van der Waals surface area contributed by atoms with Gasteiger partial charge in [-0.3, -0.25) is 4.79 Å². The molecule has 148 valence electrons. The Morgan fingerprint density at radius 3 is 2.55 bits per heavy atom. The first-order chi connectivity index (χ1) is 14.3. The van der Waals surface area contributed by atoms with Crippen LogP contribution in [-0.4, -0.2) is 22.7 Å². The Balaban J connectivity index is 1.51. The predicted octanol–water partition coefficient (Wildman–Crippen LogP) is 5.87. The number of nitrogens with one attached hydrogen (secondary N) is 1. The van der Waals surface area contributed by atoms with E-state index in [1.807, 2.05) is 0 Å². The summed E-state index contributed by atoms with van der Waals surface area (Å²) in [7, 11) is 1.77. The number of fused-ring (bicyclic) bond motifs is 2. The van der Waals surface area contributed by atoms with Gasteiger partial charge in [0.1, 0.15) is 5.78 Å². The fourth-order valence-corrected chi connectivity index (χ4v) is 7.31. The fourth-order valence-electron chi connectivity index (χ4n) is 4.99. The number of nitrogens with zero attached hydrogens (tertiary/aromatic N) is 1. The normalized spacial score (nSPS) is 27.7. The maximum Gasteiger partial charge on any atom is 0.140 e. The quantitative estimate of drug-likeness (QED) is 0.350. The molecule has 0 aliphatic carbocycles. The molecule has 2 aliphatic heterocycles. The van der Waals surface area contributed by atoms with E-state index in [9.17, 15) is 4.79 Å². The van der Waals surface area contributed by atoms with E-state index in [1.54, 1.807) is 9.12 Å². The molecule has 5 rings (SSSR count). The van der Waals surface area contributed by atoms with Crippen LogP contribution in [0, 0.1) is 5.92 Å². The highest BCUT2D eigenvalue weighted by Crippen LogP contribution is 2.47. The maximum atomic E-state index is 13.2. The van der Waals surface area contributed by atoms with Crippen LogP contribution in [0.5, 0.6) is 0 Å². The van der Waals surface area contributed by atoms with Crippen LogP contribution in [0.2, 0.25) is 0 Å². The van der Waals surface area contributed by atoms with Crippen LogP contribution in [0.3, 0.4) is 0 Å². The van der Waals surface area contributed by atoms with Crippen molar-refractivity contribution in [2.75, 3.05) is 6.54 Å². The maximum absolute atomic E-state index is 13.2. The fraction of sp³-hybridized carbons (Fsp3) is 0.292. The van der Waals surface area contributed by atoms with Crippen molar-refractivity contribution in [1.82, 2.24) is 9.62 Å². The van der Waals surface area contributed by atoms with Crippen molar-refractivity contribution in [3.8, 4) is 0 Å². The third-order valence-electron chi connectivity index (χ3n) is 6.43. The van der Waals surface area contributed by atoms with E-state index in [4.69, 9.17) is 0 Å². The Bertz CT molecular complexity index is 1020. The number of carbonyl (C=O) groups is 1. The lowest BCUT2D eigenvalue weighted by Crippen LogP contribution is -2.55. The lowest BCUT2D eigenvalue weighted by atomic mass is 9.77. The van der Waals surface area contributed by atoms with Gasteiger partial charge in [-0.15, -0.1) is 0 Å². The number of hydrogen-bond acceptors (Lipinski definition) is 4. The first-order valence-corrected chi connectivity index (χ1v) is 13.4. The third-order valence-corrected chi connectivity index (χ3v) is 8.48.